The number of benzene rings is 1. The van der Waals surface area contributed by atoms with Crippen LogP contribution >= 0.6 is 0 Å². The highest BCUT2D eigenvalue weighted by atomic mass is 16.5. The Bertz CT molecular complexity index is 532. The van der Waals surface area contributed by atoms with Gasteiger partial charge in [-0.15, -0.1) is 0 Å². The Kier molecular flexibility index (Phi) is 3.92. The quantitative estimate of drug-likeness (QED) is 0.906. The topological polar surface area (TPSA) is 58.6 Å². The zero-order valence-electron chi connectivity index (χ0n) is 12.1. The molecule has 0 radical (unpaired) electrons. The maximum Gasteiger partial charge on any atom is 0.247 e. The summed E-state index contributed by atoms with van der Waals surface area (Å²) in [4.78, 5) is 26.3. The molecule has 0 bridgehead atoms. The van der Waals surface area contributed by atoms with E-state index in [1.165, 1.54) is 0 Å². The van der Waals surface area contributed by atoms with E-state index in [9.17, 15) is 9.59 Å². The zero-order chi connectivity index (χ0) is 14.8. The summed E-state index contributed by atoms with van der Waals surface area (Å²) in [5.41, 5.74) is 0.856. The molecule has 0 spiro atoms. The number of amides is 2. The van der Waals surface area contributed by atoms with E-state index in [-0.39, 0.29) is 24.5 Å². The molecular weight excluding hydrogens is 268 g/mol. The molecule has 2 heterocycles. The first-order chi connectivity index (χ1) is 10.2. The van der Waals surface area contributed by atoms with Crippen molar-refractivity contribution in [3.63, 3.8) is 0 Å². The first-order valence-corrected chi connectivity index (χ1v) is 7.40. The molecule has 0 saturated carbocycles. The second kappa shape index (κ2) is 5.85. The average molecular weight is 288 g/mol. The molecule has 3 atom stereocenters. The summed E-state index contributed by atoms with van der Waals surface area (Å²) in [6.45, 7) is 3.43. The lowest BCUT2D eigenvalue weighted by Crippen LogP contribution is -2.55. The summed E-state index contributed by atoms with van der Waals surface area (Å²) in [7, 11) is 0. The van der Waals surface area contributed by atoms with Crippen molar-refractivity contribution in [3.05, 3.63) is 35.9 Å². The molecule has 1 aromatic rings. The monoisotopic (exact) mass is 288 g/mol. The van der Waals surface area contributed by atoms with Crippen molar-refractivity contribution in [1.29, 1.82) is 0 Å². The molecule has 2 amide bonds. The molecule has 1 aromatic carbocycles. The number of carbonyl (C=O) groups excluding carboxylic acids is 2. The van der Waals surface area contributed by atoms with Crippen LogP contribution in [0, 0.1) is 5.92 Å². The van der Waals surface area contributed by atoms with E-state index in [0.29, 0.717) is 12.5 Å². The number of hydrogen-bond donors (Lipinski definition) is 1. The largest absolute Gasteiger partial charge is 0.378 e. The van der Waals surface area contributed by atoms with Gasteiger partial charge in [-0.3, -0.25) is 9.59 Å². The number of hydrogen-bond acceptors (Lipinski definition) is 3. The van der Waals surface area contributed by atoms with Gasteiger partial charge in [-0.1, -0.05) is 30.3 Å². The van der Waals surface area contributed by atoms with Crippen LogP contribution in [-0.2, 0) is 14.3 Å². The van der Waals surface area contributed by atoms with E-state index < -0.39 is 6.04 Å². The summed E-state index contributed by atoms with van der Waals surface area (Å²) in [5.74, 6) is 0.168. The molecule has 2 fully saturated rings. The van der Waals surface area contributed by atoms with Gasteiger partial charge >= 0.3 is 0 Å². The van der Waals surface area contributed by atoms with E-state index >= 15 is 0 Å². The van der Waals surface area contributed by atoms with E-state index in [1.54, 1.807) is 4.90 Å². The van der Waals surface area contributed by atoms with Gasteiger partial charge in [0.2, 0.25) is 11.8 Å². The van der Waals surface area contributed by atoms with Gasteiger partial charge in [0.15, 0.2) is 0 Å². The maximum atomic E-state index is 12.3. The van der Waals surface area contributed by atoms with Crippen LogP contribution in [-0.4, -0.2) is 42.5 Å². The molecule has 1 N–H and O–H groups in total. The Morgan fingerprint density at radius 2 is 2.05 bits per heavy atom. The van der Waals surface area contributed by atoms with Crippen LogP contribution in [0.5, 0.6) is 0 Å². The molecule has 112 valence electrons. The van der Waals surface area contributed by atoms with E-state index in [1.807, 2.05) is 37.3 Å². The van der Waals surface area contributed by atoms with E-state index in [0.717, 1.165) is 18.6 Å². The highest BCUT2D eigenvalue weighted by molar-refractivity contribution is 5.95. The van der Waals surface area contributed by atoms with Gasteiger partial charge < -0.3 is 15.0 Å². The van der Waals surface area contributed by atoms with Crippen molar-refractivity contribution in [1.82, 2.24) is 10.2 Å². The Balaban J connectivity index is 1.85. The fourth-order valence-corrected chi connectivity index (χ4v) is 3.09. The molecule has 2 aliphatic heterocycles. The first kappa shape index (κ1) is 14.1. The third-order valence-corrected chi connectivity index (χ3v) is 4.37. The van der Waals surface area contributed by atoms with Gasteiger partial charge in [-0.25, -0.2) is 0 Å². The zero-order valence-corrected chi connectivity index (χ0v) is 12.1. The number of ether oxygens (including phenoxy) is 1. The molecule has 2 aliphatic rings. The van der Waals surface area contributed by atoms with Crippen LogP contribution in [0.25, 0.3) is 0 Å². The summed E-state index contributed by atoms with van der Waals surface area (Å²) >= 11 is 0. The minimum atomic E-state index is -0.528. The van der Waals surface area contributed by atoms with Gasteiger partial charge in [0.05, 0.1) is 12.6 Å². The van der Waals surface area contributed by atoms with Crippen LogP contribution in [0.3, 0.4) is 0 Å². The molecule has 2 saturated heterocycles. The molecular formula is C16H20N2O3. The van der Waals surface area contributed by atoms with Gasteiger partial charge in [-0.2, -0.15) is 0 Å². The predicted octanol–water partition coefficient (Wildman–Crippen LogP) is 1.11. The summed E-state index contributed by atoms with van der Waals surface area (Å²) in [5, 5.41) is 2.69. The maximum absolute atomic E-state index is 12.3. The Hall–Kier alpha value is -1.88. The summed E-state index contributed by atoms with van der Waals surface area (Å²) in [6, 6.07) is 8.95. The highest BCUT2D eigenvalue weighted by Gasteiger charge is 2.38. The van der Waals surface area contributed by atoms with Crippen LogP contribution in [0.2, 0.25) is 0 Å². The summed E-state index contributed by atoms with van der Waals surface area (Å²) in [6.07, 6.45) is 1.08. The number of rotatable bonds is 3. The van der Waals surface area contributed by atoms with E-state index in [4.69, 9.17) is 4.74 Å². The van der Waals surface area contributed by atoms with Gasteiger partial charge in [-0.05, 0) is 18.9 Å². The standard InChI is InChI=1S/C16H20N2O3/c1-11-13(7-8-21-11)10-18-14(19)9-17-16(20)15(18)12-5-3-2-4-6-12/h2-6,11,13,15H,7-10H2,1H3,(H,17,20). The smallest absolute Gasteiger partial charge is 0.247 e. The molecule has 0 aromatic heterocycles. The first-order valence-electron chi connectivity index (χ1n) is 7.40. The Morgan fingerprint density at radius 1 is 1.29 bits per heavy atom. The number of nitrogens with zero attached hydrogens (tertiary/aromatic N) is 1. The molecule has 3 unspecified atom stereocenters. The lowest BCUT2D eigenvalue weighted by atomic mass is 9.97. The van der Waals surface area contributed by atoms with Crippen molar-refractivity contribution in [2.45, 2.75) is 25.5 Å². The minimum Gasteiger partial charge on any atom is -0.378 e. The molecule has 3 rings (SSSR count). The van der Waals surface area contributed by atoms with Crippen molar-refractivity contribution in [2.24, 2.45) is 5.92 Å². The molecule has 5 heteroatoms. The van der Waals surface area contributed by atoms with Gasteiger partial charge in [0, 0.05) is 19.1 Å². The van der Waals surface area contributed by atoms with E-state index in [2.05, 4.69) is 5.32 Å². The minimum absolute atomic E-state index is 0.0254. The second-order valence-electron chi connectivity index (χ2n) is 5.70. The Morgan fingerprint density at radius 3 is 2.71 bits per heavy atom. The Labute approximate surface area is 124 Å². The predicted molar refractivity (Wildman–Crippen MR) is 77.4 cm³/mol. The highest BCUT2D eigenvalue weighted by Crippen LogP contribution is 2.28. The third kappa shape index (κ3) is 2.78. The molecule has 21 heavy (non-hydrogen) atoms. The third-order valence-electron chi connectivity index (χ3n) is 4.37. The average Bonchev–Trinajstić information content (AvgIpc) is 2.89. The fraction of sp³-hybridized carbons (Fsp3) is 0.500. The normalized spacial score (nSPS) is 29.6. The fourth-order valence-electron chi connectivity index (χ4n) is 3.09. The SMILES string of the molecule is CC1OCCC1CN1C(=O)CNC(=O)C1c1ccccc1. The van der Waals surface area contributed by atoms with Crippen LogP contribution in [0.4, 0.5) is 0 Å². The van der Waals surface area contributed by atoms with Crippen molar-refractivity contribution >= 4 is 11.8 Å². The van der Waals surface area contributed by atoms with Crippen LogP contribution in [0.15, 0.2) is 30.3 Å². The lowest BCUT2D eigenvalue weighted by molar-refractivity contribution is -0.146. The van der Waals surface area contributed by atoms with Gasteiger partial charge in [0.1, 0.15) is 6.04 Å². The molecule has 0 aliphatic carbocycles. The second-order valence-corrected chi connectivity index (χ2v) is 5.70. The lowest BCUT2D eigenvalue weighted by Gasteiger charge is -2.37. The number of nitrogens with one attached hydrogen (secondary N) is 1. The summed E-state index contributed by atoms with van der Waals surface area (Å²) < 4.78 is 5.57. The number of carbonyl (C=O) groups is 2. The van der Waals surface area contributed by atoms with Crippen LogP contribution in [0.1, 0.15) is 24.9 Å². The van der Waals surface area contributed by atoms with Crippen LogP contribution < -0.4 is 5.32 Å². The number of piperazine rings is 1. The van der Waals surface area contributed by atoms with Crippen molar-refractivity contribution in [2.75, 3.05) is 19.7 Å². The van der Waals surface area contributed by atoms with Crippen molar-refractivity contribution in [3.8, 4) is 0 Å². The van der Waals surface area contributed by atoms with Gasteiger partial charge in [0.25, 0.3) is 0 Å². The molecule has 5 nitrogen and oxygen atoms in total. The van der Waals surface area contributed by atoms with Crippen molar-refractivity contribution < 1.29 is 14.3 Å².